The maximum Gasteiger partial charge on any atom is 0.333 e. The Hall–Kier alpha value is -8.68. The van der Waals surface area contributed by atoms with Crippen LogP contribution in [-0.2, 0) is 96.8 Å². The lowest BCUT2D eigenvalue weighted by Gasteiger charge is -2.69. The first-order valence-corrected chi connectivity index (χ1v) is 42.7. The molecule has 0 saturated heterocycles. The molecule has 0 atom stereocenters. The van der Waals surface area contributed by atoms with Crippen molar-refractivity contribution in [3.05, 3.63) is 217 Å². The average molecular weight is 1730 g/mol. The number of hydrogen-bond acceptors (Lipinski definition) is 18. The van der Waals surface area contributed by atoms with Gasteiger partial charge in [0, 0.05) is 46.8 Å². The summed E-state index contributed by atoms with van der Waals surface area (Å²) in [7, 11) is 0. The van der Waals surface area contributed by atoms with E-state index in [1.807, 2.05) is 197 Å². The van der Waals surface area contributed by atoms with Gasteiger partial charge >= 0.3 is 35.8 Å². The van der Waals surface area contributed by atoms with Crippen molar-refractivity contribution in [1.29, 1.82) is 0 Å². The van der Waals surface area contributed by atoms with Gasteiger partial charge in [-0.15, -0.1) is 0 Å². The number of ether oxygens (including phenoxy) is 6. The van der Waals surface area contributed by atoms with Crippen LogP contribution in [-0.4, -0.2) is 113 Å². The SMILES string of the molecule is C=C(C)C(=O)OC1(C)C(C)(C)C(=O)C1(C)C.C=C(C)C(=O)OC1(C)C(Cl)(Cl)C(=O)C1(Cl)Cl.C=C(C)C(=O)OC1(C)C(c2ccccc2)(c2ccccc2)C(=O)C1(c1ccccc1)c1ccccc1.C=C(C)C(=O)OC1(C)C2(CCCCC2)C(=O)C12CCCCC2.C=C(C)C(=O)OC1(C)CC(=O)C1.C=CC(=O)OC1C(CC)(CC)C(=O)C1(CC)CC. The number of hydrogen-bond donors (Lipinski definition) is 0. The Kier molecular flexibility index (Phi) is 29.9. The van der Waals surface area contributed by atoms with Crippen molar-refractivity contribution in [2.75, 3.05) is 0 Å². The third-order valence-electron chi connectivity index (χ3n) is 27.6. The van der Waals surface area contributed by atoms with Crippen LogP contribution in [0.5, 0.6) is 0 Å². The second-order valence-corrected chi connectivity index (χ2v) is 38.0. The van der Waals surface area contributed by atoms with Crippen molar-refractivity contribution in [1.82, 2.24) is 0 Å². The molecular formula is C98H120Cl4O18. The number of carbonyl (C=O) groups is 12. The molecule has 8 aliphatic rings. The van der Waals surface area contributed by atoms with Gasteiger partial charge in [0.15, 0.2) is 34.3 Å². The van der Waals surface area contributed by atoms with Gasteiger partial charge in [-0.05, 0) is 171 Å². The lowest BCUT2D eigenvalue weighted by molar-refractivity contribution is -0.259. The summed E-state index contributed by atoms with van der Waals surface area (Å²) in [5, 5.41) is 0. The summed E-state index contributed by atoms with van der Waals surface area (Å²) in [6.07, 6.45) is 14.6. The topological polar surface area (TPSA) is 260 Å². The predicted molar refractivity (Wildman–Crippen MR) is 467 cm³/mol. The minimum absolute atomic E-state index is 0.0400. The molecule has 8 fully saturated rings. The molecule has 8 saturated carbocycles. The average Bonchev–Trinajstić information content (AvgIpc) is 0.648. The molecule has 0 aliphatic heterocycles. The molecule has 0 N–H and O–H groups in total. The van der Waals surface area contributed by atoms with E-state index in [9.17, 15) is 52.7 Å². The van der Waals surface area contributed by atoms with Gasteiger partial charge in [0.1, 0.15) is 39.5 Å². The summed E-state index contributed by atoms with van der Waals surface area (Å²) in [5.41, 5.74) is -5.90. The maximum absolute atomic E-state index is 15.2. The van der Waals surface area contributed by atoms with Gasteiger partial charge < -0.3 is 28.4 Å². The number of benzene rings is 4. The Balaban J connectivity index is 0.000000207. The van der Waals surface area contributed by atoms with Crippen molar-refractivity contribution < 1.29 is 86.0 Å². The predicted octanol–water partition coefficient (Wildman–Crippen LogP) is 20.6. The van der Waals surface area contributed by atoms with Gasteiger partial charge in [0.25, 0.3) is 0 Å². The zero-order chi connectivity index (χ0) is 90.6. The molecule has 0 aromatic heterocycles. The Bertz CT molecular complexity index is 4360. The van der Waals surface area contributed by atoms with E-state index < -0.39 is 116 Å². The summed E-state index contributed by atoms with van der Waals surface area (Å²) in [6.45, 7) is 53.4. The monoisotopic (exact) mass is 1720 g/mol. The summed E-state index contributed by atoms with van der Waals surface area (Å²) in [4.78, 5) is 146. The van der Waals surface area contributed by atoms with Gasteiger partial charge in [-0.2, -0.15) is 0 Å². The fourth-order valence-electron chi connectivity index (χ4n) is 19.8. The van der Waals surface area contributed by atoms with Gasteiger partial charge in [-0.1, -0.05) is 273 Å². The number of halogens is 4. The highest BCUT2D eigenvalue weighted by atomic mass is 35.5. The van der Waals surface area contributed by atoms with Crippen LogP contribution in [0.3, 0.4) is 0 Å². The van der Waals surface area contributed by atoms with Crippen LogP contribution in [0.4, 0.5) is 0 Å². The molecule has 4 aromatic carbocycles. The molecule has 0 amide bonds. The molecule has 0 bridgehead atoms. The second-order valence-electron chi connectivity index (χ2n) is 35.4. The third kappa shape index (κ3) is 15.9. The molecular weight excluding hydrogens is 1610 g/mol. The molecule has 12 rings (SSSR count). The van der Waals surface area contributed by atoms with Crippen LogP contribution < -0.4 is 0 Å². The zero-order valence-corrected chi connectivity index (χ0v) is 76.1. The Morgan fingerprint density at radius 2 is 0.642 bits per heavy atom. The molecule has 18 nitrogen and oxygen atoms in total. The van der Waals surface area contributed by atoms with Crippen LogP contribution in [0.15, 0.2) is 195 Å². The number of ketones is 6. The number of Topliss-reactive ketones (excluding diaryl/α,β-unsaturated/α-hetero) is 6. The zero-order valence-electron chi connectivity index (χ0n) is 73.1. The Morgan fingerprint density at radius 1 is 0.367 bits per heavy atom. The minimum Gasteiger partial charge on any atom is -0.457 e. The molecule has 0 unspecified atom stereocenters. The molecule has 648 valence electrons. The number of rotatable bonds is 20. The van der Waals surface area contributed by atoms with Gasteiger partial charge in [0.05, 0.1) is 32.5 Å². The van der Waals surface area contributed by atoms with Crippen molar-refractivity contribution in [2.24, 2.45) is 32.5 Å². The van der Waals surface area contributed by atoms with Crippen LogP contribution in [0.25, 0.3) is 0 Å². The van der Waals surface area contributed by atoms with E-state index in [-0.39, 0.29) is 46.4 Å². The van der Waals surface area contributed by atoms with Crippen LogP contribution in [0, 0.1) is 32.5 Å². The normalized spacial score (nSPS) is 21.9. The van der Waals surface area contributed by atoms with E-state index in [0.29, 0.717) is 35.3 Å². The summed E-state index contributed by atoms with van der Waals surface area (Å²) in [6, 6.07) is 38.5. The highest BCUT2D eigenvalue weighted by Crippen LogP contribution is 2.72. The van der Waals surface area contributed by atoms with E-state index in [0.717, 1.165) is 99.3 Å². The lowest BCUT2D eigenvalue weighted by atomic mass is 9.35. The summed E-state index contributed by atoms with van der Waals surface area (Å²) in [5.74, 6) is -2.82. The quantitative estimate of drug-likeness (QED) is 0.0344. The van der Waals surface area contributed by atoms with E-state index in [1.54, 1.807) is 34.6 Å². The highest BCUT2D eigenvalue weighted by molar-refractivity contribution is 6.75. The van der Waals surface area contributed by atoms with E-state index >= 15 is 4.79 Å². The third-order valence-corrected chi connectivity index (χ3v) is 29.7. The number of alkyl halides is 4. The lowest BCUT2D eigenvalue weighted by Crippen LogP contribution is -2.83. The first-order valence-electron chi connectivity index (χ1n) is 41.2. The fraction of sp³-hybridized carbons (Fsp3) is 0.510. The van der Waals surface area contributed by atoms with E-state index in [4.69, 9.17) is 74.8 Å². The first kappa shape index (κ1) is 98.4. The Labute approximate surface area is 728 Å². The second kappa shape index (κ2) is 36.4. The van der Waals surface area contributed by atoms with Crippen LogP contribution in [0.2, 0.25) is 0 Å². The molecule has 0 heterocycles. The van der Waals surface area contributed by atoms with Crippen LogP contribution in [0.1, 0.15) is 250 Å². The van der Waals surface area contributed by atoms with Gasteiger partial charge in [0.2, 0.25) is 14.4 Å². The molecule has 0 radical (unpaired) electrons. The number of esters is 6. The van der Waals surface area contributed by atoms with Crippen molar-refractivity contribution in [2.45, 2.75) is 281 Å². The largest absolute Gasteiger partial charge is 0.457 e. The van der Waals surface area contributed by atoms with E-state index in [2.05, 4.69) is 39.5 Å². The summed E-state index contributed by atoms with van der Waals surface area (Å²) < 4.78 is 29.6. The standard InChI is InChI=1S/C33H28O3.C19H28O3.C15H24O3.C13H20O3.C9H8Cl4O3.C9H12O3/c1-24(2)29(34)36-31(3)32(25-16-8-4-9-17-25,26-18-10-5-11-19-26)30(35)33(31,27-20-12-6-13-21-27)28-22-14-7-15-23-28;1-14(2)15(20)22-17(3)18(10-6-4-7-11-18)16(21)19(17)12-8-5-9-13-19;1-6-11(16)18-13-14(7-2,8-3)12(17)15(13,9-4)10-5;1-8(2)9(14)16-13(7)11(3,4)10(15)12(13,5)6;1-4(2)5(14)16-7(3)8(10,11)6(15)9(7,12)13;1-6(2)8(11)12-9(3)4-7(10)5-9/h4-23H,1H2,2-3H3;1,4-13H2,2-3H3;6,13H,1,7-10H2,2-5H3;1H2,2-7H3;1H2,2-3H3;1,4-5H2,2-3H3. The fourth-order valence-corrected chi connectivity index (χ4v) is 21.5. The maximum atomic E-state index is 15.2. The number of carbonyl (C=O) groups excluding carboxylic acids is 12. The van der Waals surface area contributed by atoms with Crippen molar-refractivity contribution in [3.8, 4) is 0 Å². The summed E-state index contributed by atoms with van der Waals surface area (Å²) >= 11 is 22.9. The minimum atomic E-state index is -1.96. The van der Waals surface area contributed by atoms with Crippen molar-refractivity contribution in [3.63, 3.8) is 0 Å². The van der Waals surface area contributed by atoms with Crippen LogP contribution >= 0.6 is 46.4 Å². The molecule has 2 spiro atoms. The Morgan fingerprint density at radius 3 is 0.917 bits per heavy atom. The molecule has 4 aromatic rings. The first-order chi connectivity index (χ1) is 55.7. The smallest absolute Gasteiger partial charge is 0.333 e. The van der Waals surface area contributed by atoms with Gasteiger partial charge in [-0.3, -0.25) is 28.8 Å². The molecule has 120 heavy (non-hydrogen) atoms. The highest BCUT2D eigenvalue weighted by Gasteiger charge is 2.84. The molecule has 22 heteroatoms. The van der Waals surface area contributed by atoms with Gasteiger partial charge in [-0.25, -0.2) is 28.8 Å². The molecule has 8 aliphatic carbocycles. The van der Waals surface area contributed by atoms with Crippen molar-refractivity contribution >= 4 is 117 Å². The van der Waals surface area contributed by atoms with E-state index in [1.165, 1.54) is 32.8 Å².